The van der Waals surface area contributed by atoms with Crippen molar-refractivity contribution in [3.63, 3.8) is 0 Å². The van der Waals surface area contributed by atoms with Crippen molar-refractivity contribution in [3.8, 4) is 11.4 Å². The summed E-state index contributed by atoms with van der Waals surface area (Å²) in [6.45, 7) is 1.97. The summed E-state index contributed by atoms with van der Waals surface area (Å²) in [6, 6.07) is 11.4. The van der Waals surface area contributed by atoms with Gasteiger partial charge in [-0.1, -0.05) is 17.8 Å². The van der Waals surface area contributed by atoms with Gasteiger partial charge in [-0.25, -0.2) is 0 Å². The second-order valence-corrected chi connectivity index (χ2v) is 7.09. The molecular formula is C16H17N5O2S2. The zero-order valence-corrected chi connectivity index (χ0v) is 15.4. The third-order valence-corrected chi connectivity index (χ3v) is 5.41. The monoisotopic (exact) mass is 375 g/mol. The lowest BCUT2D eigenvalue weighted by molar-refractivity contribution is -0.119. The number of hydrogen-bond donors (Lipinski definition) is 1. The first-order valence-electron chi connectivity index (χ1n) is 7.55. The van der Waals surface area contributed by atoms with E-state index in [0.717, 1.165) is 16.3 Å². The molecule has 25 heavy (non-hydrogen) atoms. The minimum Gasteiger partial charge on any atom is -0.497 e. The second-order valence-electron chi connectivity index (χ2n) is 5.16. The normalized spacial score (nSPS) is 11.9. The van der Waals surface area contributed by atoms with Crippen LogP contribution in [0.3, 0.4) is 0 Å². The Balaban J connectivity index is 1.60. The molecule has 0 unspecified atom stereocenters. The average Bonchev–Trinajstić information content (AvgIpc) is 3.31. The van der Waals surface area contributed by atoms with Gasteiger partial charge in [-0.2, -0.15) is 4.68 Å². The van der Waals surface area contributed by atoms with Gasteiger partial charge in [0.2, 0.25) is 11.1 Å². The van der Waals surface area contributed by atoms with Gasteiger partial charge in [0.25, 0.3) is 0 Å². The first-order valence-corrected chi connectivity index (χ1v) is 9.42. The topological polar surface area (TPSA) is 81.9 Å². The highest BCUT2D eigenvalue weighted by Crippen LogP contribution is 2.21. The van der Waals surface area contributed by atoms with E-state index < -0.39 is 0 Å². The van der Waals surface area contributed by atoms with E-state index in [9.17, 15) is 4.79 Å². The highest BCUT2D eigenvalue weighted by atomic mass is 32.2. The molecule has 130 valence electrons. The smallest absolute Gasteiger partial charge is 0.230 e. The number of nitrogens with zero attached hydrogens (tertiary/aromatic N) is 4. The largest absolute Gasteiger partial charge is 0.497 e. The summed E-state index contributed by atoms with van der Waals surface area (Å²) < 4.78 is 6.74. The molecule has 0 bridgehead atoms. The SMILES string of the molecule is COc1ccc(-n2nnnc2SCC(=O)N[C@@H](C)c2cccs2)cc1. The van der Waals surface area contributed by atoms with Crippen LogP contribution in [0.5, 0.6) is 5.75 Å². The van der Waals surface area contributed by atoms with Crippen LogP contribution in [0, 0.1) is 0 Å². The van der Waals surface area contributed by atoms with Gasteiger partial charge in [0.05, 0.1) is 24.6 Å². The Morgan fingerprint density at radius 2 is 2.16 bits per heavy atom. The van der Waals surface area contributed by atoms with E-state index in [1.807, 2.05) is 48.7 Å². The quantitative estimate of drug-likeness (QED) is 0.640. The number of ether oxygens (including phenoxy) is 1. The summed E-state index contributed by atoms with van der Waals surface area (Å²) in [5.74, 6) is 0.940. The number of carbonyl (C=O) groups excluding carboxylic acids is 1. The van der Waals surface area contributed by atoms with Gasteiger partial charge in [-0.15, -0.1) is 16.4 Å². The number of tetrazole rings is 1. The summed E-state index contributed by atoms with van der Waals surface area (Å²) in [5.41, 5.74) is 0.806. The van der Waals surface area contributed by atoms with Crippen molar-refractivity contribution in [1.29, 1.82) is 0 Å². The predicted octanol–water partition coefficient (Wildman–Crippen LogP) is 2.70. The number of rotatable bonds is 7. The summed E-state index contributed by atoms with van der Waals surface area (Å²) >= 11 is 2.92. The van der Waals surface area contributed by atoms with E-state index in [4.69, 9.17) is 4.74 Å². The number of amides is 1. The first-order chi connectivity index (χ1) is 12.2. The van der Waals surface area contributed by atoms with Crippen molar-refractivity contribution in [1.82, 2.24) is 25.5 Å². The number of thiophene rings is 1. The lowest BCUT2D eigenvalue weighted by Crippen LogP contribution is -2.27. The Morgan fingerprint density at radius 1 is 1.36 bits per heavy atom. The molecule has 0 aliphatic carbocycles. The molecule has 0 radical (unpaired) electrons. The van der Waals surface area contributed by atoms with E-state index in [2.05, 4.69) is 20.8 Å². The van der Waals surface area contributed by atoms with Gasteiger partial charge < -0.3 is 10.1 Å². The van der Waals surface area contributed by atoms with E-state index in [0.29, 0.717) is 5.16 Å². The maximum atomic E-state index is 12.2. The van der Waals surface area contributed by atoms with Crippen LogP contribution in [0.1, 0.15) is 17.8 Å². The fraction of sp³-hybridized carbons (Fsp3) is 0.250. The molecule has 1 N–H and O–H groups in total. The number of nitrogens with one attached hydrogen (secondary N) is 1. The zero-order chi connectivity index (χ0) is 17.6. The molecule has 1 atom stereocenters. The number of carbonyl (C=O) groups is 1. The molecule has 9 heteroatoms. The van der Waals surface area contributed by atoms with Gasteiger partial charge in [-0.3, -0.25) is 4.79 Å². The number of aromatic nitrogens is 4. The van der Waals surface area contributed by atoms with Gasteiger partial charge in [-0.05, 0) is 53.1 Å². The summed E-state index contributed by atoms with van der Waals surface area (Å²) in [6.07, 6.45) is 0. The molecule has 2 heterocycles. The van der Waals surface area contributed by atoms with E-state index in [1.165, 1.54) is 11.8 Å². The summed E-state index contributed by atoms with van der Waals surface area (Å²) in [4.78, 5) is 13.3. The van der Waals surface area contributed by atoms with Crippen molar-refractivity contribution in [2.45, 2.75) is 18.1 Å². The van der Waals surface area contributed by atoms with E-state index in [1.54, 1.807) is 23.1 Å². The highest BCUT2D eigenvalue weighted by Gasteiger charge is 2.14. The molecule has 3 rings (SSSR count). The third kappa shape index (κ3) is 4.37. The van der Waals surface area contributed by atoms with Crippen molar-refractivity contribution < 1.29 is 9.53 Å². The zero-order valence-electron chi connectivity index (χ0n) is 13.7. The molecule has 0 aliphatic rings. The lowest BCUT2D eigenvalue weighted by atomic mass is 10.3. The minimum atomic E-state index is -0.0600. The van der Waals surface area contributed by atoms with Crippen LogP contribution >= 0.6 is 23.1 Å². The molecular weight excluding hydrogens is 358 g/mol. The number of hydrogen-bond acceptors (Lipinski definition) is 7. The van der Waals surface area contributed by atoms with Gasteiger partial charge in [0, 0.05) is 4.88 Å². The van der Waals surface area contributed by atoms with Gasteiger partial charge in [0.1, 0.15) is 5.75 Å². The molecule has 2 aromatic heterocycles. The van der Waals surface area contributed by atoms with Crippen LogP contribution < -0.4 is 10.1 Å². The van der Waals surface area contributed by atoms with Crippen molar-refractivity contribution >= 4 is 29.0 Å². The van der Waals surface area contributed by atoms with E-state index >= 15 is 0 Å². The molecule has 7 nitrogen and oxygen atoms in total. The Hall–Kier alpha value is -2.39. The fourth-order valence-electron chi connectivity index (χ4n) is 2.18. The van der Waals surface area contributed by atoms with Gasteiger partial charge in [0.15, 0.2) is 0 Å². The van der Waals surface area contributed by atoms with Crippen LogP contribution in [-0.4, -0.2) is 39.0 Å². The number of benzene rings is 1. The highest BCUT2D eigenvalue weighted by molar-refractivity contribution is 7.99. The second kappa shape index (κ2) is 8.13. The maximum Gasteiger partial charge on any atom is 0.230 e. The van der Waals surface area contributed by atoms with Crippen LogP contribution in [0.2, 0.25) is 0 Å². The Kier molecular flexibility index (Phi) is 5.67. The molecule has 0 spiro atoms. The average molecular weight is 375 g/mol. The Bertz CT molecular complexity index is 817. The Labute approximate surface area is 153 Å². The molecule has 0 aliphatic heterocycles. The van der Waals surface area contributed by atoms with Crippen LogP contribution in [-0.2, 0) is 4.79 Å². The molecule has 1 aromatic carbocycles. The molecule has 0 saturated carbocycles. The Morgan fingerprint density at radius 3 is 2.84 bits per heavy atom. The third-order valence-electron chi connectivity index (χ3n) is 3.44. The van der Waals surface area contributed by atoms with Crippen LogP contribution in [0.25, 0.3) is 5.69 Å². The van der Waals surface area contributed by atoms with Crippen molar-refractivity contribution in [2.24, 2.45) is 0 Å². The fourth-order valence-corrected chi connectivity index (χ4v) is 3.61. The van der Waals surface area contributed by atoms with Crippen molar-refractivity contribution in [2.75, 3.05) is 12.9 Å². The molecule has 0 saturated heterocycles. The van der Waals surface area contributed by atoms with E-state index in [-0.39, 0.29) is 17.7 Å². The first kappa shape index (κ1) is 17.4. The van der Waals surface area contributed by atoms with Gasteiger partial charge >= 0.3 is 0 Å². The summed E-state index contributed by atoms with van der Waals surface area (Å²) in [7, 11) is 1.61. The van der Waals surface area contributed by atoms with Crippen molar-refractivity contribution in [3.05, 3.63) is 46.7 Å². The van der Waals surface area contributed by atoms with Crippen LogP contribution in [0.15, 0.2) is 46.9 Å². The lowest BCUT2D eigenvalue weighted by Gasteiger charge is -2.11. The molecule has 1 amide bonds. The summed E-state index contributed by atoms with van der Waals surface area (Å²) in [5, 5.41) is 17.2. The standard InChI is InChI=1S/C16H17N5O2S2/c1-11(14-4-3-9-24-14)17-15(22)10-25-16-18-19-20-21(16)12-5-7-13(23-2)8-6-12/h3-9,11H,10H2,1-2H3,(H,17,22)/t11-/m0/s1. The number of thioether (sulfide) groups is 1. The molecule has 3 aromatic rings. The predicted molar refractivity (Wildman–Crippen MR) is 97.3 cm³/mol. The maximum absolute atomic E-state index is 12.2. The van der Waals surface area contributed by atoms with Crippen LogP contribution in [0.4, 0.5) is 0 Å². The molecule has 0 fully saturated rings. The number of methoxy groups -OCH3 is 1. The minimum absolute atomic E-state index is 0.00863.